The Kier molecular flexibility index (Phi) is 7.03. The fourth-order valence-corrected chi connectivity index (χ4v) is 12.4. The van der Waals surface area contributed by atoms with Crippen LogP contribution in [0.4, 0.5) is 11.4 Å². The minimum Gasteiger partial charge on any atom is -0.338 e. The van der Waals surface area contributed by atoms with Gasteiger partial charge >= 0.3 is 0 Å². The summed E-state index contributed by atoms with van der Waals surface area (Å²) in [6.45, 7) is 0. The SMILES string of the molecule is C1=CCC2C(=C1)C(C1=CCCC3SC4CC(N(c5ccccc5)c5ccccc5)CCC4C13)(c1ccccc1)C1=C2CCC=C1. The van der Waals surface area contributed by atoms with E-state index in [1.165, 1.54) is 61.9 Å². The second kappa shape index (κ2) is 11.4. The zero-order valence-electron chi connectivity index (χ0n) is 26.1. The van der Waals surface area contributed by atoms with Crippen LogP contribution in [0.5, 0.6) is 0 Å². The summed E-state index contributed by atoms with van der Waals surface area (Å²) in [6, 6.07) is 34.5. The van der Waals surface area contributed by atoms with Crippen LogP contribution in [-0.4, -0.2) is 16.5 Å². The molecule has 0 N–H and O–H groups in total. The molecule has 6 aliphatic rings. The summed E-state index contributed by atoms with van der Waals surface area (Å²) in [5, 5.41) is 1.42. The highest BCUT2D eigenvalue weighted by molar-refractivity contribution is 8.00. The van der Waals surface area contributed by atoms with Gasteiger partial charge in [-0.05, 0) is 104 Å². The lowest BCUT2D eigenvalue weighted by Crippen LogP contribution is -2.43. The summed E-state index contributed by atoms with van der Waals surface area (Å²) >= 11 is 2.37. The lowest BCUT2D eigenvalue weighted by molar-refractivity contribution is 0.263. The number of rotatable bonds is 5. The molecule has 0 bridgehead atoms. The van der Waals surface area contributed by atoms with Crippen molar-refractivity contribution in [3.8, 4) is 0 Å². The van der Waals surface area contributed by atoms with Crippen LogP contribution in [0.25, 0.3) is 0 Å². The van der Waals surface area contributed by atoms with Crippen LogP contribution in [0.15, 0.2) is 150 Å². The highest BCUT2D eigenvalue weighted by atomic mass is 32.2. The fourth-order valence-electron chi connectivity index (χ4n) is 10.3. The maximum atomic E-state index is 2.75. The van der Waals surface area contributed by atoms with Crippen molar-refractivity contribution in [1.82, 2.24) is 0 Å². The maximum absolute atomic E-state index is 2.75. The van der Waals surface area contributed by atoms with Crippen LogP contribution in [0.1, 0.15) is 56.9 Å². The van der Waals surface area contributed by atoms with Gasteiger partial charge in [0.05, 0.1) is 5.41 Å². The molecule has 0 amide bonds. The second-order valence-corrected chi connectivity index (χ2v) is 15.5. The molecule has 9 rings (SSSR count). The van der Waals surface area contributed by atoms with Gasteiger partial charge in [-0.3, -0.25) is 0 Å². The minimum absolute atomic E-state index is 0.112. The number of allylic oxidation sites excluding steroid dienone is 10. The van der Waals surface area contributed by atoms with E-state index in [4.69, 9.17) is 0 Å². The van der Waals surface area contributed by atoms with Gasteiger partial charge in [0.1, 0.15) is 0 Å². The van der Waals surface area contributed by atoms with Crippen molar-refractivity contribution in [3.05, 3.63) is 155 Å². The van der Waals surface area contributed by atoms with Crippen molar-refractivity contribution in [2.75, 3.05) is 4.90 Å². The van der Waals surface area contributed by atoms with Crippen molar-refractivity contribution in [2.24, 2.45) is 17.8 Å². The molecule has 1 heterocycles. The van der Waals surface area contributed by atoms with E-state index in [1.54, 1.807) is 22.3 Å². The average molecular weight is 606 g/mol. The Morgan fingerprint density at radius 3 is 2.20 bits per heavy atom. The highest BCUT2D eigenvalue weighted by Crippen LogP contribution is 2.66. The summed E-state index contributed by atoms with van der Waals surface area (Å²) < 4.78 is 0. The van der Waals surface area contributed by atoms with Gasteiger partial charge < -0.3 is 4.90 Å². The van der Waals surface area contributed by atoms with Crippen molar-refractivity contribution in [2.45, 2.75) is 73.3 Å². The number of nitrogens with zero attached hydrogens (tertiary/aromatic N) is 1. The van der Waals surface area contributed by atoms with E-state index in [0.29, 0.717) is 23.1 Å². The standard InChI is InChI=1S/C43H43NS/c1-4-15-30(16-5-1)43(37-23-12-10-21-34(37)35-22-11-13-24-38(35)43)39-25-14-26-40-42(39)36-28-27-33(29-41(36)45-40)44(31-17-6-2-7-18-31)32-19-8-3-9-20-32/h1-10,12-13,15-20,23-25,33-34,36,40-42H,11,14,21-22,26-29H2. The van der Waals surface area contributed by atoms with Gasteiger partial charge in [0.2, 0.25) is 0 Å². The van der Waals surface area contributed by atoms with Gasteiger partial charge in [0.15, 0.2) is 0 Å². The predicted molar refractivity (Wildman–Crippen MR) is 191 cm³/mol. The summed E-state index contributed by atoms with van der Waals surface area (Å²) in [7, 11) is 0. The molecule has 0 radical (unpaired) electrons. The summed E-state index contributed by atoms with van der Waals surface area (Å²) in [5.74, 6) is 1.95. The van der Waals surface area contributed by atoms with Crippen LogP contribution in [0.3, 0.4) is 0 Å². The fraction of sp³-hybridized carbons (Fsp3) is 0.349. The molecular formula is C43H43NS. The van der Waals surface area contributed by atoms with Crippen LogP contribution < -0.4 is 4.90 Å². The largest absolute Gasteiger partial charge is 0.338 e. The van der Waals surface area contributed by atoms with Crippen molar-refractivity contribution >= 4 is 23.1 Å². The van der Waals surface area contributed by atoms with E-state index in [-0.39, 0.29) is 5.41 Å². The third-order valence-corrected chi connectivity index (χ3v) is 13.7. The summed E-state index contributed by atoms with van der Waals surface area (Å²) in [6.07, 6.45) is 25.0. The molecule has 45 heavy (non-hydrogen) atoms. The monoisotopic (exact) mass is 605 g/mol. The molecule has 7 unspecified atom stereocenters. The number of para-hydroxylation sites is 2. The first-order chi connectivity index (χ1) is 22.3. The lowest BCUT2D eigenvalue weighted by Gasteiger charge is -2.47. The third-order valence-electron chi connectivity index (χ3n) is 11.9. The molecule has 3 aromatic carbocycles. The van der Waals surface area contributed by atoms with Crippen LogP contribution in [-0.2, 0) is 5.41 Å². The normalized spacial score (nSPS) is 33.1. The molecule has 1 saturated carbocycles. The van der Waals surface area contributed by atoms with Crippen molar-refractivity contribution in [1.29, 1.82) is 0 Å². The van der Waals surface area contributed by atoms with Gasteiger partial charge in [0, 0.05) is 33.8 Å². The summed E-state index contributed by atoms with van der Waals surface area (Å²) in [5.41, 5.74) is 10.8. The van der Waals surface area contributed by atoms with E-state index in [1.807, 2.05) is 0 Å². The second-order valence-electron chi connectivity index (χ2n) is 14.0. The van der Waals surface area contributed by atoms with Gasteiger partial charge in [-0.25, -0.2) is 0 Å². The highest BCUT2D eigenvalue weighted by Gasteiger charge is 2.59. The Labute approximate surface area is 273 Å². The Bertz CT molecular complexity index is 1670. The molecule has 1 nitrogen and oxygen atoms in total. The molecule has 226 valence electrons. The third kappa shape index (κ3) is 4.35. The van der Waals surface area contributed by atoms with Crippen LogP contribution in [0, 0.1) is 17.8 Å². The molecule has 3 aromatic rings. The molecule has 0 aromatic heterocycles. The number of anilines is 2. The molecule has 5 aliphatic carbocycles. The summed E-state index contributed by atoms with van der Waals surface area (Å²) in [4.78, 5) is 2.66. The number of benzene rings is 3. The lowest BCUT2D eigenvalue weighted by atomic mass is 9.57. The average Bonchev–Trinajstić information content (AvgIpc) is 3.63. The van der Waals surface area contributed by atoms with E-state index >= 15 is 0 Å². The van der Waals surface area contributed by atoms with Gasteiger partial charge in [-0.2, -0.15) is 11.8 Å². The number of fused-ring (bicyclic) bond motifs is 5. The predicted octanol–water partition coefficient (Wildman–Crippen LogP) is 10.9. The van der Waals surface area contributed by atoms with Crippen molar-refractivity contribution < 1.29 is 0 Å². The molecule has 0 spiro atoms. The molecule has 1 saturated heterocycles. The number of thioether (sulfide) groups is 1. The first-order valence-electron chi connectivity index (χ1n) is 17.4. The molecule has 1 aliphatic heterocycles. The maximum Gasteiger partial charge on any atom is 0.0633 e. The number of hydrogen-bond acceptors (Lipinski definition) is 2. The Hall–Kier alpha value is -3.49. The topological polar surface area (TPSA) is 3.24 Å². The molecule has 2 heteroatoms. The quantitative estimate of drug-likeness (QED) is 0.266. The molecule has 7 atom stereocenters. The Morgan fingerprint density at radius 2 is 1.44 bits per heavy atom. The Morgan fingerprint density at radius 1 is 0.711 bits per heavy atom. The molecule has 2 fully saturated rings. The van der Waals surface area contributed by atoms with Gasteiger partial charge in [0.25, 0.3) is 0 Å². The van der Waals surface area contributed by atoms with Crippen LogP contribution in [0.2, 0.25) is 0 Å². The zero-order valence-corrected chi connectivity index (χ0v) is 26.9. The van der Waals surface area contributed by atoms with Crippen molar-refractivity contribution in [3.63, 3.8) is 0 Å². The molecular weight excluding hydrogens is 563 g/mol. The minimum atomic E-state index is -0.112. The van der Waals surface area contributed by atoms with Gasteiger partial charge in [-0.1, -0.05) is 114 Å². The smallest absolute Gasteiger partial charge is 0.0633 e. The van der Waals surface area contributed by atoms with E-state index in [2.05, 4.69) is 144 Å². The first kappa shape index (κ1) is 27.8. The van der Waals surface area contributed by atoms with E-state index in [9.17, 15) is 0 Å². The number of hydrogen-bond donors (Lipinski definition) is 0. The zero-order chi connectivity index (χ0) is 29.8. The van der Waals surface area contributed by atoms with Gasteiger partial charge in [-0.15, -0.1) is 0 Å². The van der Waals surface area contributed by atoms with E-state index < -0.39 is 0 Å². The first-order valence-corrected chi connectivity index (χ1v) is 18.4. The van der Waals surface area contributed by atoms with E-state index in [0.717, 1.165) is 17.6 Å². The Balaban J connectivity index is 1.12. The van der Waals surface area contributed by atoms with Crippen LogP contribution >= 0.6 is 11.8 Å².